The van der Waals surface area contributed by atoms with Gasteiger partial charge in [0.1, 0.15) is 11.6 Å². The average Bonchev–Trinajstić information content (AvgIpc) is 2.90. The summed E-state index contributed by atoms with van der Waals surface area (Å²) in [6, 6.07) is 11.2. The van der Waals surface area contributed by atoms with Crippen LogP contribution in [0.25, 0.3) is 6.08 Å². The molecule has 1 amide bonds. The fraction of sp³-hybridized carbons (Fsp3) is 0.0625. The molecule has 6 nitrogen and oxygen atoms in total. The Morgan fingerprint density at radius 3 is 2.68 bits per heavy atom. The molecule has 6 heteroatoms. The van der Waals surface area contributed by atoms with Gasteiger partial charge in [-0.1, -0.05) is 6.07 Å². The first-order valence-electron chi connectivity index (χ1n) is 6.39. The van der Waals surface area contributed by atoms with Crippen molar-refractivity contribution in [2.45, 2.75) is 0 Å². The molecular weight excluding hydrogens is 282 g/mol. The fourth-order valence-electron chi connectivity index (χ4n) is 1.85. The fourth-order valence-corrected chi connectivity index (χ4v) is 1.85. The lowest BCUT2D eigenvalue weighted by molar-refractivity contribution is -0.112. The van der Waals surface area contributed by atoms with E-state index >= 15 is 0 Å². The second kappa shape index (κ2) is 6.41. The zero-order valence-corrected chi connectivity index (χ0v) is 11.8. The molecule has 2 N–H and O–H groups in total. The molecule has 110 valence electrons. The summed E-state index contributed by atoms with van der Waals surface area (Å²) < 4.78 is 1.77. The number of carbonyl (C=O) groups excluding carboxylic acids is 1. The van der Waals surface area contributed by atoms with Crippen LogP contribution in [0.15, 0.2) is 48.2 Å². The zero-order valence-electron chi connectivity index (χ0n) is 11.8. The predicted molar refractivity (Wildman–Crippen MR) is 81.0 cm³/mol. The van der Waals surface area contributed by atoms with E-state index in [4.69, 9.17) is 10.4 Å². The average molecular weight is 295 g/mol. The molecule has 0 aliphatic heterocycles. The van der Waals surface area contributed by atoms with E-state index in [1.807, 2.05) is 6.07 Å². The standard InChI is InChI=1S/C16H13N3O3/c1-19-7-3-6-14(19)9-12(10-17)15(20)18-13-5-2-4-11(8-13)16(21)22/h2-9H,1H3,(H,18,20)(H,21,22)/b12-9-. The topological polar surface area (TPSA) is 95.1 Å². The number of nitriles is 1. The highest BCUT2D eigenvalue weighted by atomic mass is 16.4. The minimum Gasteiger partial charge on any atom is -0.478 e. The van der Waals surface area contributed by atoms with E-state index in [0.29, 0.717) is 11.4 Å². The molecule has 1 heterocycles. The monoisotopic (exact) mass is 295 g/mol. The maximum Gasteiger partial charge on any atom is 0.335 e. The van der Waals surface area contributed by atoms with Crippen molar-refractivity contribution in [2.75, 3.05) is 5.32 Å². The quantitative estimate of drug-likeness (QED) is 0.668. The van der Waals surface area contributed by atoms with E-state index in [-0.39, 0.29) is 11.1 Å². The molecule has 0 saturated carbocycles. The summed E-state index contributed by atoms with van der Waals surface area (Å²) in [7, 11) is 1.80. The number of carboxylic acid groups (broad SMARTS) is 1. The van der Waals surface area contributed by atoms with Crippen molar-refractivity contribution < 1.29 is 14.7 Å². The van der Waals surface area contributed by atoms with E-state index in [1.54, 1.807) is 36.0 Å². The Morgan fingerprint density at radius 1 is 1.32 bits per heavy atom. The molecule has 0 spiro atoms. The maximum absolute atomic E-state index is 12.1. The van der Waals surface area contributed by atoms with Crippen LogP contribution in [0.4, 0.5) is 5.69 Å². The molecule has 0 saturated heterocycles. The van der Waals surface area contributed by atoms with Crippen LogP contribution in [0.5, 0.6) is 0 Å². The lowest BCUT2D eigenvalue weighted by Crippen LogP contribution is -2.14. The normalized spacial score (nSPS) is 10.8. The molecule has 0 unspecified atom stereocenters. The molecule has 1 aromatic heterocycles. The third kappa shape index (κ3) is 3.41. The van der Waals surface area contributed by atoms with Gasteiger partial charge in [0.15, 0.2) is 0 Å². The molecule has 0 aliphatic carbocycles. The molecule has 2 rings (SSSR count). The summed E-state index contributed by atoms with van der Waals surface area (Å²) in [6.45, 7) is 0. The molecule has 0 fully saturated rings. The summed E-state index contributed by atoms with van der Waals surface area (Å²) in [5.41, 5.74) is 1.02. The van der Waals surface area contributed by atoms with Crippen LogP contribution in [0.3, 0.4) is 0 Å². The molecule has 0 radical (unpaired) electrons. The van der Waals surface area contributed by atoms with Crippen LogP contribution in [-0.2, 0) is 11.8 Å². The Bertz CT molecular complexity index is 797. The predicted octanol–water partition coefficient (Wildman–Crippen LogP) is 2.27. The summed E-state index contributed by atoms with van der Waals surface area (Å²) in [5, 5.41) is 20.6. The number of aromatic nitrogens is 1. The minimum atomic E-state index is -1.09. The Labute approximate surface area is 126 Å². The molecule has 22 heavy (non-hydrogen) atoms. The first kappa shape index (κ1) is 15.1. The van der Waals surface area contributed by atoms with Crippen molar-refractivity contribution in [1.82, 2.24) is 4.57 Å². The van der Waals surface area contributed by atoms with Crippen LogP contribution >= 0.6 is 0 Å². The summed E-state index contributed by atoms with van der Waals surface area (Å²) in [5.74, 6) is -1.68. The van der Waals surface area contributed by atoms with Gasteiger partial charge in [-0.15, -0.1) is 0 Å². The van der Waals surface area contributed by atoms with Gasteiger partial charge in [0, 0.05) is 24.6 Å². The van der Waals surface area contributed by atoms with Gasteiger partial charge in [-0.05, 0) is 36.4 Å². The number of hydrogen-bond acceptors (Lipinski definition) is 3. The van der Waals surface area contributed by atoms with E-state index in [0.717, 1.165) is 0 Å². The minimum absolute atomic E-state index is 0.0581. The Morgan fingerprint density at radius 2 is 2.09 bits per heavy atom. The van der Waals surface area contributed by atoms with Crippen LogP contribution < -0.4 is 5.32 Å². The number of aryl methyl sites for hydroxylation is 1. The van der Waals surface area contributed by atoms with Gasteiger partial charge in [-0.3, -0.25) is 4.79 Å². The second-order valence-electron chi connectivity index (χ2n) is 4.55. The van der Waals surface area contributed by atoms with E-state index in [9.17, 15) is 9.59 Å². The number of carboxylic acids is 1. The van der Waals surface area contributed by atoms with Crippen molar-refractivity contribution in [1.29, 1.82) is 5.26 Å². The lowest BCUT2D eigenvalue weighted by atomic mass is 10.2. The molecule has 1 aromatic carbocycles. The number of nitrogens with zero attached hydrogens (tertiary/aromatic N) is 2. The van der Waals surface area contributed by atoms with Crippen LogP contribution in [0.1, 0.15) is 16.1 Å². The summed E-state index contributed by atoms with van der Waals surface area (Å²) in [4.78, 5) is 23.0. The van der Waals surface area contributed by atoms with Gasteiger partial charge in [-0.2, -0.15) is 5.26 Å². The van der Waals surface area contributed by atoms with Crippen molar-refractivity contribution >= 4 is 23.6 Å². The SMILES string of the molecule is Cn1cccc1/C=C(/C#N)C(=O)Nc1cccc(C(=O)O)c1. The molecular formula is C16H13N3O3. The molecule has 0 bridgehead atoms. The number of aromatic carboxylic acids is 1. The van der Waals surface area contributed by atoms with Crippen molar-refractivity contribution in [2.24, 2.45) is 7.05 Å². The Hall–Kier alpha value is -3.33. The van der Waals surface area contributed by atoms with Gasteiger partial charge in [0.2, 0.25) is 0 Å². The highest BCUT2D eigenvalue weighted by Crippen LogP contribution is 2.13. The van der Waals surface area contributed by atoms with E-state index < -0.39 is 11.9 Å². The zero-order chi connectivity index (χ0) is 16.1. The number of carbonyl (C=O) groups is 2. The van der Waals surface area contributed by atoms with Crippen LogP contribution in [0, 0.1) is 11.3 Å². The van der Waals surface area contributed by atoms with Crippen molar-refractivity contribution in [3.63, 3.8) is 0 Å². The smallest absolute Gasteiger partial charge is 0.335 e. The maximum atomic E-state index is 12.1. The summed E-state index contributed by atoms with van der Waals surface area (Å²) in [6.07, 6.45) is 3.27. The number of hydrogen-bond donors (Lipinski definition) is 2. The lowest BCUT2D eigenvalue weighted by Gasteiger charge is -2.05. The number of rotatable bonds is 4. The second-order valence-corrected chi connectivity index (χ2v) is 4.55. The molecule has 2 aromatic rings. The third-order valence-electron chi connectivity index (χ3n) is 3.01. The summed E-state index contributed by atoms with van der Waals surface area (Å²) >= 11 is 0. The largest absolute Gasteiger partial charge is 0.478 e. The van der Waals surface area contributed by atoms with Gasteiger partial charge in [-0.25, -0.2) is 4.79 Å². The van der Waals surface area contributed by atoms with Crippen molar-refractivity contribution in [3.05, 3.63) is 59.4 Å². The van der Waals surface area contributed by atoms with Gasteiger partial charge in [0.05, 0.1) is 5.56 Å². The van der Waals surface area contributed by atoms with E-state index in [2.05, 4.69) is 5.32 Å². The Kier molecular flexibility index (Phi) is 4.39. The molecule has 0 aliphatic rings. The molecule has 0 atom stereocenters. The van der Waals surface area contributed by atoms with Gasteiger partial charge >= 0.3 is 5.97 Å². The number of benzene rings is 1. The first-order chi connectivity index (χ1) is 10.5. The first-order valence-corrected chi connectivity index (χ1v) is 6.39. The van der Waals surface area contributed by atoms with Crippen LogP contribution in [0.2, 0.25) is 0 Å². The number of nitrogens with one attached hydrogen (secondary N) is 1. The Balaban J connectivity index is 2.22. The van der Waals surface area contributed by atoms with E-state index in [1.165, 1.54) is 24.3 Å². The number of amides is 1. The van der Waals surface area contributed by atoms with Crippen molar-refractivity contribution in [3.8, 4) is 6.07 Å². The third-order valence-corrected chi connectivity index (χ3v) is 3.01. The highest BCUT2D eigenvalue weighted by Gasteiger charge is 2.11. The van der Waals surface area contributed by atoms with Gasteiger partial charge in [0.25, 0.3) is 5.91 Å². The highest BCUT2D eigenvalue weighted by molar-refractivity contribution is 6.09. The van der Waals surface area contributed by atoms with Gasteiger partial charge < -0.3 is 15.0 Å². The number of anilines is 1. The van der Waals surface area contributed by atoms with Crippen LogP contribution in [-0.4, -0.2) is 21.6 Å².